The van der Waals surface area contributed by atoms with Crippen LogP contribution in [0.1, 0.15) is 81.1 Å². The summed E-state index contributed by atoms with van der Waals surface area (Å²) in [6, 6.07) is 0.856. The Kier molecular flexibility index (Phi) is 6.84. The van der Waals surface area contributed by atoms with E-state index in [-0.39, 0.29) is 6.04 Å². The fourth-order valence-corrected chi connectivity index (χ4v) is 4.19. The molecule has 3 unspecified atom stereocenters. The Hall–Kier alpha value is -2.37. The molecule has 0 aromatic rings. The molecule has 3 aliphatic heterocycles. The second-order valence-corrected chi connectivity index (χ2v) is 8.90. The molecule has 3 aliphatic rings. The van der Waals surface area contributed by atoms with Crippen molar-refractivity contribution in [3.05, 3.63) is 34.2 Å². The second kappa shape index (κ2) is 9.19. The average molecular weight is 411 g/mol. The normalized spacial score (nSPS) is 27.2. The molecule has 3 heterocycles. The summed E-state index contributed by atoms with van der Waals surface area (Å²) in [6.45, 7) is 17.0. The molecule has 0 spiro atoms. The predicted molar refractivity (Wildman–Crippen MR) is 128 cm³/mol. The van der Waals surface area contributed by atoms with Gasteiger partial charge in [-0.05, 0) is 81.1 Å². The Bertz CT molecular complexity index is 883. The van der Waals surface area contributed by atoms with E-state index in [1.807, 2.05) is 0 Å². The first-order valence-corrected chi connectivity index (χ1v) is 11.2. The standard InChI is InChI=1S/C24H38N6/c1-13-15(3)27-21(17(5)25-13)9-11-23-19(7)30-24(20(8)29-23)12-10-22-18(6)26-14(2)16(4)28-22/h15,18-19,26-27,30H,9-12H2,1-8H3. The molecule has 30 heavy (non-hydrogen) atoms. The first kappa shape index (κ1) is 22.3. The lowest BCUT2D eigenvalue weighted by Gasteiger charge is -2.29. The van der Waals surface area contributed by atoms with Crippen LogP contribution in [0.3, 0.4) is 0 Å². The van der Waals surface area contributed by atoms with Gasteiger partial charge in [-0.1, -0.05) is 0 Å². The van der Waals surface area contributed by atoms with Gasteiger partial charge in [-0.25, -0.2) is 0 Å². The molecule has 0 aromatic heterocycles. The van der Waals surface area contributed by atoms with Crippen LogP contribution in [0.4, 0.5) is 0 Å². The Balaban J connectivity index is 1.64. The zero-order valence-electron chi connectivity index (χ0n) is 19.9. The Labute approximate surface area is 181 Å². The van der Waals surface area contributed by atoms with Crippen LogP contribution in [0, 0.1) is 0 Å². The number of hydrogen-bond donors (Lipinski definition) is 3. The molecule has 6 nitrogen and oxygen atoms in total. The van der Waals surface area contributed by atoms with E-state index in [0.717, 1.165) is 48.5 Å². The highest BCUT2D eigenvalue weighted by molar-refractivity contribution is 5.93. The SMILES string of the molecule is CC1=NC(C)=C(CCC2=NC(C)=C(CCC3=NC(C)=C(C)NC3C)NC2C)NC1C. The lowest BCUT2D eigenvalue weighted by Crippen LogP contribution is -2.39. The highest BCUT2D eigenvalue weighted by atomic mass is 15.0. The largest absolute Gasteiger partial charge is 0.379 e. The Morgan fingerprint density at radius 2 is 1.03 bits per heavy atom. The summed E-state index contributed by atoms with van der Waals surface area (Å²) in [6.07, 6.45) is 3.78. The number of allylic oxidation sites excluding steroid dienone is 6. The van der Waals surface area contributed by atoms with E-state index in [9.17, 15) is 0 Å². The lowest BCUT2D eigenvalue weighted by molar-refractivity contribution is 0.652. The molecule has 0 bridgehead atoms. The van der Waals surface area contributed by atoms with Gasteiger partial charge in [0.25, 0.3) is 0 Å². The predicted octanol–water partition coefficient (Wildman–Crippen LogP) is 4.58. The third-order valence-electron chi connectivity index (χ3n) is 6.49. The molecule has 3 N–H and O–H groups in total. The number of nitrogens with one attached hydrogen (secondary N) is 3. The minimum atomic E-state index is 0.253. The zero-order chi connectivity index (χ0) is 22.0. The second-order valence-electron chi connectivity index (χ2n) is 8.90. The maximum absolute atomic E-state index is 4.98. The van der Waals surface area contributed by atoms with Crippen molar-refractivity contribution in [3.63, 3.8) is 0 Å². The van der Waals surface area contributed by atoms with Gasteiger partial charge in [-0.15, -0.1) is 0 Å². The summed E-state index contributed by atoms with van der Waals surface area (Å²) in [5.74, 6) is 0. The molecule has 3 atom stereocenters. The van der Waals surface area contributed by atoms with Crippen LogP contribution in [0.15, 0.2) is 49.2 Å². The molecule has 3 rings (SSSR count). The van der Waals surface area contributed by atoms with Crippen LogP contribution in [0.25, 0.3) is 0 Å². The van der Waals surface area contributed by atoms with Crippen LogP contribution in [0.5, 0.6) is 0 Å². The van der Waals surface area contributed by atoms with Gasteiger partial charge < -0.3 is 16.0 Å². The van der Waals surface area contributed by atoms with Gasteiger partial charge in [0.15, 0.2) is 0 Å². The number of nitrogens with zero attached hydrogens (tertiary/aromatic N) is 3. The van der Waals surface area contributed by atoms with E-state index < -0.39 is 0 Å². The van der Waals surface area contributed by atoms with Crippen LogP contribution in [-0.4, -0.2) is 35.3 Å². The highest BCUT2D eigenvalue weighted by Gasteiger charge is 2.23. The molecule has 0 aliphatic carbocycles. The molecule has 0 amide bonds. The van der Waals surface area contributed by atoms with Crippen molar-refractivity contribution in [2.24, 2.45) is 15.0 Å². The zero-order valence-corrected chi connectivity index (χ0v) is 19.9. The third kappa shape index (κ3) is 5.02. The molecule has 0 saturated heterocycles. The van der Waals surface area contributed by atoms with E-state index in [1.165, 1.54) is 28.5 Å². The van der Waals surface area contributed by atoms with Crippen LogP contribution >= 0.6 is 0 Å². The van der Waals surface area contributed by atoms with Crippen molar-refractivity contribution in [1.82, 2.24) is 16.0 Å². The minimum Gasteiger partial charge on any atom is -0.379 e. The summed E-state index contributed by atoms with van der Waals surface area (Å²) in [5.41, 5.74) is 10.5. The van der Waals surface area contributed by atoms with Crippen LogP contribution < -0.4 is 16.0 Å². The first-order chi connectivity index (χ1) is 14.2. The van der Waals surface area contributed by atoms with E-state index in [2.05, 4.69) is 76.3 Å². The van der Waals surface area contributed by atoms with Crippen LogP contribution in [0.2, 0.25) is 0 Å². The molecular formula is C24H38N6. The number of aliphatic imine (C=N–C) groups is 3. The summed E-state index contributed by atoms with van der Waals surface area (Å²) < 4.78 is 0. The molecular weight excluding hydrogens is 372 g/mol. The average Bonchev–Trinajstić information content (AvgIpc) is 2.68. The van der Waals surface area contributed by atoms with Gasteiger partial charge >= 0.3 is 0 Å². The third-order valence-corrected chi connectivity index (χ3v) is 6.49. The summed E-state index contributed by atoms with van der Waals surface area (Å²) >= 11 is 0. The summed E-state index contributed by atoms with van der Waals surface area (Å²) in [4.78, 5) is 14.5. The van der Waals surface area contributed by atoms with Crippen molar-refractivity contribution in [3.8, 4) is 0 Å². The van der Waals surface area contributed by atoms with Crippen LogP contribution in [-0.2, 0) is 0 Å². The topological polar surface area (TPSA) is 73.2 Å². The van der Waals surface area contributed by atoms with E-state index >= 15 is 0 Å². The lowest BCUT2D eigenvalue weighted by atomic mass is 9.99. The van der Waals surface area contributed by atoms with Crippen molar-refractivity contribution < 1.29 is 0 Å². The van der Waals surface area contributed by atoms with E-state index in [4.69, 9.17) is 9.98 Å². The van der Waals surface area contributed by atoms with Crippen molar-refractivity contribution in [1.29, 1.82) is 0 Å². The Morgan fingerprint density at radius 3 is 1.63 bits per heavy atom. The summed E-state index contributed by atoms with van der Waals surface area (Å²) in [5, 5.41) is 10.8. The highest BCUT2D eigenvalue weighted by Crippen LogP contribution is 2.23. The van der Waals surface area contributed by atoms with Gasteiger partial charge in [0.05, 0.1) is 35.2 Å². The van der Waals surface area contributed by atoms with Crippen molar-refractivity contribution in [2.45, 2.75) is 99.2 Å². The fraction of sp³-hybridized carbons (Fsp3) is 0.625. The Morgan fingerprint density at radius 1 is 0.567 bits per heavy atom. The van der Waals surface area contributed by atoms with E-state index in [1.54, 1.807) is 0 Å². The molecule has 164 valence electrons. The maximum Gasteiger partial charge on any atom is 0.0615 e. The minimum absolute atomic E-state index is 0.253. The smallest absolute Gasteiger partial charge is 0.0615 e. The molecule has 0 radical (unpaired) electrons. The van der Waals surface area contributed by atoms with Gasteiger partial charge in [0.2, 0.25) is 0 Å². The first-order valence-electron chi connectivity index (χ1n) is 11.2. The maximum atomic E-state index is 4.98. The number of hydrogen-bond acceptors (Lipinski definition) is 6. The molecule has 6 heteroatoms. The summed E-state index contributed by atoms with van der Waals surface area (Å²) in [7, 11) is 0. The van der Waals surface area contributed by atoms with Gasteiger partial charge in [0, 0.05) is 34.2 Å². The van der Waals surface area contributed by atoms with Crippen molar-refractivity contribution >= 4 is 17.1 Å². The quantitative estimate of drug-likeness (QED) is 0.600. The molecule has 0 saturated carbocycles. The molecule has 0 aromatic carbocycles. The monoisotopic (exact) mass is 410 g/mol. The van der Waals surface area contributed by atoms with E-state index in [0.29, 0.717) is 12.1 Å². The number of rotatable bonds is 6. The van der Waals surface area contributed by atoms with Crippen molar-refractivity contribution in [2.75, 3.05) is 0 Å². The van der Waals surface area contributed by atoms with Gasteiger partial charge in [-0.3, -0.25) is 15.0 Å². The molecule has 0 fully saturated rings. The van der Waals surface area contributed by atoms with Gasteiger partial charge in [-0.2, -0.15) is 0 Å². The fourth-order valence-electron chi connectivity index (χ4n) is 4.19. The van der Waals surface area contributed by atoms with Gasteiger partial charge in [0.1, 0.15) is 0 Å².